The Bertz CT molecular complexity index is 405. The van der Waals surface area contributed by atoms with Crippen LogP contribution in [0.4, 0.5) is 4.39 Å². The van der Waals surface area contributed by atoms with Crippen LogP contribution in [0.1, 0.15) is 37.3 Å². The number of hydrogen-bond donors (Lipinski definition) is 2. The van der Waals surface area contributed by atoms with E-state index in [0.717, 1.165) is 25.7 Å². The molecule has 0 radical (unpaired) electrons. The largest absolute Gasteiger partial charge is 0.496 e. The van der Waals surface area contributed by atoms with Gasteiger partial charge in [-0.25, -0.2) is 4.39 Å². The monoisotopic (exact) mass is 253 g/mol. The second-order valence-corrected chi connectivity index (χ2v) is 4.95. The summed E-state index contributed by atoms with van der Waals surface area (Å²) in [5, 5.41) is 10.3. The Morgan fingerprint density at radius 3 is 2.67 bits per heavy atom. The summed E-state index contributed by atoms with van der Waals surface area (Å²) in [4.78, 5) is 0. The summed E-state index contributed by atoms with van der Waals surface area (Å²) in [6.45, 7) is 0. The molecule has 3 nitrogen and oxygen atoms in total. The van der Waals surface area contributed by atoms with Crippen LogP contribution in [0.3, 0.4) is 0 Å². The molecule has 1 aromatic rings. The van der Waals surface area contributed by atoms with E-state index < -0.39 is 12.1 Å². The topological polar surface area (TPSA) is 55.5 Å². The summed E-state index contributed by atoms with van der Waals surface area (Å²) in [5.74, 6) is 0.285. The van der Waals surface area contributed by atoms with Crippen LogP contribution in [0.5, 0.6) is 5.75 Å². The lowest BCUT2D eigenvalue weighted by Crippen LogP contribution is -2.32. The highest BCUT2D eigenvalue weighted by Gasteiger charge is 2.30. The van der Waals surface area contributed by atoms with Gasteiger partial charge in [-0.15, -0.1) is 0 Å². The van der Waals surface area contributed by atoms with Crippen molar-refractivity contribution in [3.05, 3.63) is 29.6 Å². The highest BCUT2D eigenvalue weighted by atomic mass is 19.1. The van der Waals surface area contributed by atoms with E-state index in [4.69, 9.17) is 10.5 Å². The molecule has 3 N–H and O–H groups in total. The second kappa shape index (κ2) is 5.67. The average Bonchev–Trinajstić information content (AvgIpc) is 2.90. The molecule has 1 saturated carbocycles. The highest BCUT2D eigenvalue weighted by Crippen LogP contribution is 2.35. The maximum Gasteiger partial charge on any atom is 0.126 e. The first-order chi connectivity index (χ1) is 8.63. The fourth-order valence-electron chi connectivity index (χ4n) is 2.74. The molecule has 0 amide bonds. The van der Waals surface area contributed by atoms with Crippen LogP contribution in [0.2, 0.25) is 0 Å². The molecule has 1 aliphatic rings. The zero-order valence-electron chi connectivity index (χ0n) is 10.6. The van der Waals surface area contributed by atoms with E-state index in [9.17, 15) is 9.50 Å². The third-order valence-corrected chi connectivity index (χ3v) is 3.81. The third-order valence-electron chi connectivity index (χ3n) is 3.81. The first kappa shape index (κ1) is 13.3. The molecule has 4 heteroatoms. The van der Waals surface area contributed by atoms with Crippen molar-refractivity contribution in [2.75, 3.05) is 7.11 Å². The molecule has 2 atom stereocenters. The molecule has 1 aliphatic carbocycles. The fraction of sp³-hybridized carbons (Fsp3) is 0.571. The summed E-state index contributed by atoms with van der Waals surface area (Å²) in [7, 11) is 1.48. The van der Waals surface area contributed by atoms with Crippen molar-refractivity contribution in [3.63, 3.8) is 0 Å². The van der Waals surface area contributed by atoms with Crippen molar-refractivity contribution in [1.82, 2.24) is 0 Å². The number of ether oxygens (including phenoxy) is 1. The molecule has 1 aromatic carbocycles. The number of hydrogen-bond acceptors (Lipinski definition) is 3. The zero-order chi connectivity index (χ0) is 13.1. The van der Waals surface area contributed by atoms with Gasteiger partial charge < -0.3 is 15.6 Å². The summed E-state index contributed by atoms with van der Waals surface area (Å²) in [6, 6.07) is 3.72. The van der Waals surface area contributed by atoms with E-state index in [2.05, 4.69) is 0 Å². The molecule has 0 heterocycles. The van der Waals surface area contributed by atoms with Crippen LogP contribution in [-0.2, 0) is 0 Å². The highest BCUT2D eigenvalue weighted by molar-refractivity contribution is 5.37. The predicted molar refractivity (Wildman–Crippen MR) is 67.8 cm³/mol. The molecule has 18 heavy (non-hydrogen) atoms. The molecule has 0 spiro atoms. The number of halogens is 1. The number of aliphatic hydroxyl groups is 1. The molecule has 0 aromatic heterocycles. The van der Waals surface area contributed by atoms with Crippen molar-refractivity contribution in [2.45, 2.75) is 37.8 Å². The van der Waals surface area contributed by atoms with Crippen LogP contribution in [-0.4, -0.2) is 18.3 Å². The normalized spacial score (nSPS) is 19.8. The summed E-state index contributed by atoms with van der Waals surface area (Å²) in [5.41, 5.74) is 6.76. The van der Waals surface area contributed by atoms with Gasteiger partial charge in [0.2, 0.25) is 0 Å². The minimum Gasteiger partial charge on any atom is -0.496 e. The maximum atomic E-state index is 13.1. The standard InChI is InChI=1S/C14H20FNO2/c1-18-12-8-10(15)6-7-11(12)13(16)14(17)9-4-2-3-5-9/h6-9,13-14,17H,2-5,16H2,1H3/t13-,14+/m0/s1. The molecular weight excluding hydrogens is 233 g/mol. The number of benzene rings is 1. The van der Waals surface area contributed by atoms with Crippen LogP contribution in [0.25, 0.3) is 0 Å². The van der Waals surface area contributed by atoms with Crippen molar-refractivity contribution in [3.8, 4) is 5.75 Å². The van der Waals surface area contributed by atoms with Gasteiger partial charge in [0.25, 0.3) is 0 Å². The van der Waals surface area contributed by atoms with Crippen molar-refractivity contribution in [2.24, 2.45) is 11.7 Å². The molecule has 0 aliphatic heterocycles. The first-order valence-corrected chi connectivity index (χ1v) is 6.40. The second-order valence-electron chi connectivity index (χ2n) is 4.95. The summed E-state index contributed by atoms with van der Waals surface area (Å²) < 4.78 is 18.2. The SMILES string of the molecule is COc1cc(F)ccc1[C@H](N)[C@H](O)C1CCCC1. The molecule has 100 valence electrons. The minimum atomic E-state index is -0.591. The van der Waals surface area contributed by atoms with Gasteiger partial charge in [-0.2, -0.15) is 0 Å². The Morgan fingerprint density at radius 1 is 1.39 bits per heavy atom. The van der Waals surface area contributed by atoms with Gasteiger partial charge in [-0.3, -0.25) is 0 Å². The zero-order valence-corrected chi connectivity index (χ0v) is 10.6. The number of aliphatic hydroxyl groups excluding tert-OH is 1. The summed E-state index contributed by atoms with van der Waals surface area (Å²) >= 11 is 0. The van der Waals surface area contributed by atoms with E-state index in [0.29, 0.717) is 11.3 Å². The summed E-state index contributed by atoms with van der Waals surface area (Å²) in [6.07, 6.45) is 3.73. The van der Waals surface area contributed by atoms with E-state index >= 15 is 0 Å². The van der Waals surface area contributed by atoms with Gasteiger partial charge in [-0.1, -0.05) is 18.9 Å². The van der Waals surface area contributed by atoms with Gasteiger partial charge in [0.1, 0.15) is 11.6 Å². The van der Waals surface area contributed by atoms with Gasteiger partial charge >= 0.3 is 0 Å². The quantitative estimate of drug-likeness (QED) is 0.866. The first-order valence-electron chi connectivity index (χ1n) is 6.40. The number of nitrogens with two attached hydrogens (primary N) is 1. The Balaban J connectivity index is 2.19. The van der Waals surface area contributed by atoms with E-state index in [-0.39, 0.29) is 11.7 Å². The third kappa shape index (κ3) is 2.65. The Labute approximate surface area is 107 Å². The minimum absolute atomic E-state index is 0.245. The lowest BCUT2D eigenvalue weighted by atomic mass is 9.90. The molecule has 1 fully saturated rings. The molecule has 2 rings (SSSR count). The number of methoxy groups -OCH3 is 1. The molecule has 0 saturated heterocycles. The van der Waals surface area contributed by atoms with Gasteiger partial charge in [0.05, 0.1) is 19.3 Å². The Hall–Kier alpha value is -1.13. The maximum absolute atomic E-state index is 13.1. The van der Waals surface area contributed by atoms with Crippen LogP contribution in [0.15, 0.2) is 18.2 Å². The van der Waals surface area contributed by atoms with Crippen LogP contribution >= 0.6 is 0 Å². The van der Waals surface area contributed by atoms with E-state index in [1.807, 2.05) is 0 Å². The smallest absolute Gasteiger partial charge is 0.126 e. The molecular formula is C14H20FNO2. The average molecular weight is 253 g/mol. The lowest BCUT2D eigenvalue weighted by molar-refractivity contribution is 0.0835. The van der Waals surface area contributed by atoms with Crippen molar-refractivity contribution >= 4 is 0 Å². The van der Waals surface area contributed by atoms with Crippen molar-refractivity contribution in [1.29, 1.82) is 0 Å². The van der Waals surface area contributed by atoms with E-state index in [1.165, 1.54) is 19.2 Å². The van der Waals surface area contributed by atoms with Gasteiger partial charge in [-0.05, 0) is 24.8 Å². The van der Waals surface area contributed by atoms with Crippen molar-refractivity contribution < 1.29 is 14.2 Å². The van der Waals surface area contributed by atoms with Crippen LogP contribution < -0.4 is 10.5 Å². The lowest BCUT2D eigenvalue weighted by Gasteiger charge is -2.25. The van der Waals surface area contributed by atoms with E-state index in [1.54, 1.807) is 6.07 Å². The Morgan fingerprint density at radius 2 is 2.06 bits per heavy atom. The predicted octanol–water partition coefficient (Wildman–Crippen LogP) is 2.39. The molecule has 0 bridgehead atoms. The fourth-order valence-corrected chi connectivity index (χ4v) is 2.74. The van der Waals surface area contributed by atoms with Gasteiger partial charge in [0.15, 0.2) is 0 Å². The van der Waals surface area contributed by atoms with Gasteiger partial charge in [0, 0.05) is 11.6 Å². The number of rotatable bonds is 4. The Kier molecular flexibility index (Phi) is 4.19. The van der Waals surface area contributed by atoms with Crippen LogP contribution in [0, 0.1) is 11.7 Å². The molecule has 0 unspecified atom stereocenters.